The van der Waals surface area contributed by atoms with Gasteiger partial charge in [-0.05, 0) is 74.5 Å². The highest BCUT2D eigenvalue weighted by Gasteiger charge is 2.33. The monoisotopic (exact) mass is 532 g/mol. The van der Waals surface area contributed by atoms with Crippen molar-refractivity contribution in [2.75, 3.05) is 45.2 Å². The van der Waals surface area contributed by atoms with Crippen LogP contribution in [0.1, 0.15) is 61.7 Å². The summed E-state index contributed by atoms with van der Waals surface area (Å²) in [7, 11) is 3.95. The van der Waals surface area contributed by atoms with E-state index in [1.807, 2.05) is 17.5 Å². The fraction of sp³-hybridized carbons (Fsp3) is 0.484. The van der Waals surface area contributed by atoms with Gasteiger partial charge in [-0.2, -0.15) is 0 Å². The minimum absolute atomic E-state index is 0.132. The topological polar surface area (TPSA) is 48.9 Å². The number of hydrogen-bond acceptors (Lipinski definition) is 6. The highest BCUT2D eigenvalue weighted by molar-refractivity contribution is 7.10. The van der Waals surface area contributed by atoms with Crippen LogP contribution in [-0.4, -0.2) is 67.1 Å². The van der Waals surface area contributed by atoms with E-state index in [1.165, 1.54) is 17.5 Å². The number of rotatable bonds is 7. The van der Waals surface area contributed by atoms with Crippen LogP contribution in [0.4, 0.5) is 5.82 Å². The van der Waals surface area contributed by atoms with Gasteiger partial charge in [0.15, 0.2) is 0 Å². The molecule has 6 nitrogen and oxygen atoms in total. The molecule has 4 heterocycles. The van der Waals surface area contributed by atoms with Gasteiger partial charge in [-0.15, -0.1) is 11.3 Å². The minimum Gasteiger partial charge on any atom is -0.497 e. The second-order valence-corrected chi connectivity index (χ2v) is 12.0. The second kappa shape index (κ2) is 11.5. The summed E-state index contributed by atoms with van der Waals surface area (Å²) in [6.07, 6.45) is 2.83. The number of hydrogen-bond donors (Lipinski definition) is 0. The number of pyridine rings is 1. The first kappa shape index (κ1) is 26.7. The van der Waals surface area contributed by atoms with Gasteiger partial charge in [0, 0.05) is 47.7 Å². The predicted octanol–water partition coefficient (Wildman–Crippen LogP) is 5.99. The Balaban J connectivity index is 1.50. The Morgan fingerprint density at radius 3 is 2.66 bits per heavy atom. The fourth-order valence-electron chi connectivity index (χ4n) is 5.98. The van der Waals surface area contributed by atoms with Gasteiger partial charge in [-0.25, -0.2) is 4.98 Å². The summed E-state index contributed by atoms with van der Waals surface area (Å²) in [4.78, 5) is 26.6. The molecule has 0 spiro atoms. The minimum atomic E-state index is 0.132. The van der Waals surface area contributed by atoms with Gasteiger partial charge in [0.2, 0.25) is 5.91 Å². The molecule has 2 aliphatic heterocycles. The van der Waals surface area contributed by atoms with Gasteiger partial charge in [0.25, 0.3) is 0 Å². The Hall–Kier alpha value is -2.90. The Labute approximate surface area is 231 Å². The van der Waals surface area contributed by atoms with Crippen LogP contribution < -0.4 is 9.64 Å². The maximum absolute atomic E-state index is 13.1. The molecule has 0 aliphatic carbocycles. The lowest BCUT2D eigenvalue weighted by Gasteiger charge is -2.42. The maximum atomic E-state index is 13.1. The quantitative estimate of drug-likeness (QED) is 0.374. The van der Waals surface area contributed by atoms with Gasteiger partial charge in [-0.3, -0.25) is 9.69 Å². The largest absolute Gasteiger partial charge is 0.497 e. The SMILES string of the molecule is COc1cccc(-c2cc(C3CCCN3C)c(N3CCN(C(=O)Cc4cccs4)C(C)C3)nc2C(C)C)c1. The molecule has 0 saturated carbocycles. The van der Waals surface area contributed by atoms with Gasteiger partial charge < -0.3 is 14.5 Å². The van der Waals surface area contributed by atoms with Gasteiger partial charge >= 0.3 is 0 Å². The second-order valence-electron chi connectivity index (χ2n) is 11.0. The van der Waals surface area contributed by atoms with Crippen molar-refractivity contribution in [2.45, 2.75) is 58.0 Å². The molecule has 0 bridgehead atoms. The molecule has 2 aliphatic rings. The summed E-state index contributed by atoms with van der Waals surface area (Å²) in [5.74, 6) is 2.45. The zero-order valence-corrected chi connectivity index (χ0v) is 24.1. The first-order chi connectivity index (χ1) is 18.4. The molecular weight excluding hydrogens is 492 g/mol. The summed E-state index contributed by atoms with van der Waals surface area (Å²) in [6, 6.07) is 15.3. The lowest BCUT2D eigenvalue weighted by Crippen LogP contribution is -2.55. The smallest absolute Gasteiger partial charge is 0.228 e. The summed E-state index contributed by atoms with van der Waals surface area (Å²) in [5, 5.41) is 2.04. The van der Waals surface area contributed by atoms with Crippen molar-refractivity contribution >= 4 is 23.1 Å². The molecule has 2 saturated heterocycles. The molecular formula is C31H40N4O2S. The molecule has 0 radical (unpaired) electrons. The van der Waals surface area contributed by atoms with Crippen LogP contribution in [0.5, 0.6) is 5.75 Å². The summed E-state index contributed by atoms with van der Waals surface area (Å²) in [6.45, 7) is 10.0. The maximum Gasteiger partial charge on any atom is 0.228 e. The van der Waals surface area contributed by atoms with Crippen LogP contribution >= 0.6 is 11.3 Å². The van der Waals surface area contributed by atoms with E-state index in [2.05, 4.69) is 72.9 Å². The molecule has 38 heavy (non-hydrogen) atoms. The molecule has 202 valence electrons. The van der Waals surface area contributed by atoms with Crippen LogP contribution in [0.15, 0.2) is 47.8 Å². The van der Waals surface area contributed by atoms with E-state index in [-0.39, 0.29) is 17.9 Å². The van der Waals surface area contributed by atoms with Crippen LogP contribution in [0.3, 0.4) is 0 Å². The lowest BCUT2D eigenvalue weighted by molar-refractivity contribution is -0.132. The highest BCUT2D eigenvalue weighted by atomic mass is 32.1. The summed E-state index contributed by atoms with van der Waals surface area (Å²) in [5.41, 5.74) is 4.75. The molecule has 3 aromatic rings. The Kier molecular flexibility index (Phi) is 8.05. The van der Waals surface area contributed by atoms with E-state index >= 15 is 0 Å². The van der Waals surface area contributed by atoms with Crippen LogP contribution in [0.25, 0.3) is 11.1 Å². The number of amides is 1. The lowest BCUT2D eigenvalue weighted by atomic mass is 9.93. The Morgan fingerprint density at radius 2 is 2.00 bits per heavy atom. The summed E-state index contributed by atoms with van der Waals surface area (Å²) < 4.78 is 5.55. The molecule has 0 N–H and O–H groups in total. The average molecular weight is 533 g/mol. The van der Waals surface area contributed by atoms with E-state index in [4.69, 9.17) is 9.72 Å². The van der Waals surface area contributed by atoms with E-state index in [9.17, 15) is 4.79 Å². The highest BCUT2D eigenvalue weighted by Crippen LogP contribution is 2.41. The number of thiophene rings is 1. The van der Waals surface area contributed by atoms with E-state index < -0.39 is 0 Å². The predicted molar refractivity (Wildman–Crippen MR) is 156 cm³/mol. The van der Waals surface area contributed by atoms with E-state index in [1.54, 1.807) is 18.4 Å². The van der Waals surface area contributed by atoms with Gasteiger partial charge in [0.1, 0.15) is 11.6 Å². The third kappa shape index (κ3) is 5.45. The number of carbonyl (C=O) groups is 1. The number of carbonyl (C=O) groups excluding carboxylic acids is 1. The van der Waals surface area contributed by atoms with Gasteiger partial charge in [-0.1, -0.05) is 32.0 Å². The van der Waals surface area contributed by atoms with E-state index in [0.29, 0.717) is 12.5 Å². The van der Waals surface area contributed by atoms with Crippen LogP contribution in [-0.2, 0) is 11.2 Å². The third-order valence-corrected chi connectivity index (χ3v) is 8.90. The van der Waals surface area contributed by atoms with Crippen molar-refractivity contribution in [3.8, 4) is 16.9 Å². The van der Waals surface area contributed by atoms with Crippen molar-refractivity contribution in [2.24, 2.45) is 0 Å². The molecule has 1 aromatic carbocycles. The van der Waals surface area contributed by atoms with Crippen molar-refractivity contribution < 1.29 is 9.53 Å². The molecule has 2 atom stereocenters. The van der Waals surface area contributed by atoms with Crippen molar-refractivity contribution in [3.05, 3.63) is 64.0 Å². The first-order valence-electron chi connectivity index (χ1n) is 13.8. The van der Waals surface area contributed by atoms with Crippen molar-refractivity contribution in [1.82, 2.24) is 14.8 Å². The zero-order chi connectivity index (χ0) is 26.8. The molecule has 5 rings (SSSR count). The number of aromatic nitrogens is 1. The van der Waals surface area contributed by atoms with Gasteiger partial charge in [0.05, 0.1) is 19.2 Å². The Morgan fingerprint density at radius 1 is 1.16 bits per heavy atom. The Bertz CT molecular complexity index is 1260. The molecule has 7 heteroatoms. The third-order valence-electron chi connectivity index (χ3n) is 8.02. The normalized spacial score (nSPS) is 20.4. The number of methoxy groups -OCH3 is 1. The standard InChI is InChI=1S/C31H40N4O2S/c1-21(2)30-26(23-9-6-10-24(17-23)37-5)19-27(28-12-7-13-33(28)4)31(32-30)34-14-15-35(22(3)20-34)29(36)18-25-11-8-16-38-25/h6,8-11,16-17,19,21-22,28H,7,12-15,18,20H2,1-5H3. The number of anilines is 1. The zero-order valence-electron chi connectivity index (χ0n) is 23.3. The fourth-order valence-corrected chi connectivity index (χ4v) is 6.68. The van der Waals surface area contributed by atoms with E-state index in [0.717, 1.165) is 60.3 Å². The number of nitrogens with zero attached hydrogens (tertiary/aromatic N) is 4. The molecule has 2 fully saturated rings. The molecule has 2 unspecified atom stereocenters. The molecule has 2 aromatic heterocycles. The van der Waals surface area contributed by atoms with Crippen LogP contribution in [0, 0.1) is 0 Å². The van der Waals surface area contributed by atoms with Crippen LogP contribution in [0.2, 0.25) is 0 Å². The van der Waals surface area contributed by atoms with Crippen molar-refractivity contribution in [3.63, 3.8) is 0 Å². The summed E-state index contributed by atoms with van der Waals surface area (Å²) >= 11 is 1.66. The average Bonchev–Trinajstić information content (AvgIpc) is 3.59. The number of benzene rings is 1. The number of piperazine rings is 1. The number of ether oxygens (including phenoxy) is 1. The number of likely N-dealkylation sites (tertiary alicyclic amines) is 1. The van der Waals surface area contributed by atoms with Crippen molar-refractivity contribution in [1.29, 1.82) is 0 Å². The first-order valence-corrected chi connectivity index (χ1v) is 14.7. The molecule has 1 amide bonds.